The molecule has 0 aliphatic rings. The Morgan fingerprint density at radius 1 is 0.909 bits per heavy atom. The van der Waals surface area contributed by atoms with Crippen LogP contribution in [0.2, 0.25) is 0 Å². The summed E-state index contributed by atoms with van der Waals surface area (Å²) in [6.07, 6.45) is 2.27. The number of phenolic OH excluding ortho intramolecular Hbond substituents is 1. The monoisotopic (exact) mass is 448 g/mol. The number of carbonyl (C=O) groups excluding carboxylic acids is 1. The molecule has 7 heteroatoms. The van der Waals surface area contributed by atoms with Gasteiger partial charge in [0.25, 0.3) is 5.91 Å². The van der Waals surface area contributed by atoms with Gasteiger partial charge in [-0.1, -0.05) is 19.1 Å². The second kappa shape index (κ2) is 12.1. The molecule has 1 amide bonds. The second-order valence-electron chi connectivity index (χ2n) is 7.16. The van der Waals surface area contributed by atoms with Gasteiger partial charge in [-0.3, -0.25) is 4.79 Å². The fourth-order valence-electron chi connectivity index (χ4n) is 2.89. The zero-order valence-corrected chi connectivity index (χ0v) is 18.8. The van der Waals surface area contributed by atoms with Gasteiger partial charge in [0.05, 0.1) is 19.4 Å². The van der Waals surface area contributed by atoms with Crippen LogP contribution in [0, 0.1) is 0 Å². The van der Waals surface area contributed by atoms with Gasteiger partial charge in [0, 0.05) is 17.2 Å². The fraction of sp³-hybridized carbons (Fsp3) is 0.231. The Hall–Kier alpha value is -4.00. The molecule has 0 saturated heterocycles. The van der Waals surface area contributed by atoms with Crippen molar-refractivity contribution in [3.8, 4) is 23.0 Å². The zero-order chi connectivity index (χ0) is 23.5. The third-order valence-corrected chi connectivity index (χ3v) is 4.60. The minimum atomic E-state index is -0.354. The molecule has 33 heavy (non-hydrogen) atoms. The Balaban J connectivity index is 1.49. The van der Waals surface area contributed by atoms with E-state index in [0.29, 0.717) is 36.7 Å². The standard InChI is InChI=1S/C26H28N2O5/c1-3-15-32-24-10-9-21(25(29)16-24)17-27-28-26(30)20-7-5-19(6-8-20)18-33-23-13-11-22(12-14-23)31-4-2/h5-14,16-17,29H,3-4,15,18H2,1-2H3,(H,28,30)/b27-17+. The van der Waals surface area contributed by atoms with Crippen LogP contribution in [0.15, 0.2) is 71.8 Å². The van der Waals surface area contributed by atoms with Crippen LogP contribution in [0.25, 0.3) is 0 Å². The molecule has 0 aromatic heterocycles. The molecular formula is C26H28N2O5. The highest BCUT2D eigenvalue weighted by molar-refractivity contribution is 5.95. The van der Waals surface area contributed by atoms with Crippen molar-refractivity contribution >= 4 is 12.1 Å². The summed E-state index contributed by atoms with van der Waals surface area (Å²) in [6, 6.07) is 19.4. The molecule has 0 fully saturated rings. The van der Waals surface area contributed by atoms with Crippen LogP contribution in [0.1, 0.15) is 41.8 Å². The van der Waals surface area contributed by atoms with Gasteiger partial charge in [0.1, 0.15) is 29.6 Å². The summed E-state index contributed by atoms with van der Waals surface area (Å²) in [6.45, 7) is 5.53. The molecule has 0 aliphatic carbocycles. The van der Waals surface area contributed by atoms with Crippen molar-refractivity contribution in [1.29, 1.82) is 0 Å². The van der Waals surface area contributed by atoms with E-state index in [1.807, 2.05) is 50.2 Å². The Kier molecular flexibility index (Phi) is 8.71. The summed E-state index contributed by atoms with van der Waals surface area (Å²) in [5.74, 6) is 1.80. The van der Waals surface area contributed by atoms with E-state index in [1.54, 1.807) is 24.3 Å². The van der Waals surface area contributed by atoms with Crippen molar-refractivity contribution in [1.82, 2.24) is 5.43 Å². The van der Waals surface area contributed by atoms with Crippen LogP contribution < -0.4 is 19.6 Å². The van der Waals surface area contributed by atoms with Crippen molar-refractivity contribution in [3.63, 3.8) is 0 Å². The third-order valence-electron chi connectivity index (χ3n) is 4.60. The molecule has 0 aliphatic heterocycles. The molecule has 3 aromatic carbocycles. The summed E-state index contributed by atoms with van der Waals surface area (Å²) in [5, 5.41) is 14.0. The number of ether oxygens (including phenoxy) is 3. The van der Waals surface area contributed by atoms with Crippen LogP contribution in [-0.4, -0.2) is 30.4 Å². The Morgan fingerprint density at radius 2 is 1.58 bits per heavy atom. The van der Waals surface area contributed by atoms with Crippen molar-refractivity contribution < 1.29 is 24.1 Å². The molecule has 0 unspecified atom stereocenters. The van der Waals surface area contributed by atoms with Crippen molar-refractivity contribution in [2.75, 3.05) is 13.2 Å². The van der Waals surface area contributed by atoms with Crippen LogP contribution in [0.4, 0.5) is 0 Å². The topological polar surface area (TPSA) is 89.4 Å². The van der Waals surface area contributed by atoms with E-state index in [0.717, 1.165) is 23.5 Å². The van der Waals surface area contributed by atoms with Gasteiger partial charge in [-0.05, 0) is 67.4 Å². The predicted molar refractivity (Wildman–Crippen MR) is 127 cm³/mol. The first-order chi connectivity index (χ1) is 16.1. The van der Waals surface area contributed by atoms with Crippen LogP contribution in [-0.2, 0) is 6.61 Å². The summed E-state index contributed by atoms with van der Waals surface area (Å²) >= 11 is 0. The highest BCUT2D eigenvalue weighted by Gasteiger charge is 2.06. The number of nitrogens with zero attached hydrogens (tertiary/aromatic N) is 1. The third kappa shape index (κ3) is 7.28. The maximum absolute atomic E-state index is 12.3. The predicted octanol–water partition coefficient (Wildman–Crippen LogP) is 4.92. The van der Waals surface area contributed by atoms with Gasteiger partial charge in [-0.2, -0.15) is 5.10 Å². The van der Waals surface area contributed by atoms with Gasteiger partial charge < -0.3 is 19.3 Å². The quantitative estimate of drug-likeness (QED) is 0.321. The van der Waals surface area contributed by atoms with Crippen molar-refractivity contribution in [2.45, 2.75) is 26.9 Å². The Morgan fingerprint density at radius 3 is 2.21 bits per heavy atom. The second-order valence-corrected chi connectivity index (χ2v) is 7.16. The molecule has 0 spiro atoms. The molecule has 0 bridgehead atoms. The van der Waals surface area contributed by atoms with Crippen molar-refractivity contribution in [3.05, 3.63) is 83.4 Å². The van der Waals surface area contributed by atoms with Crippen LogP contribution >= 0.6 is 0 Å². The Labute approximate surface area is 193 Å². The van der Waals surface area contributed by atoms with Gasteiger partial charge in [0.15, 0.2) is 0 Å². The number of nitrogens with one attached hydrogen (secondary N) is 1. The molecule has 0 saturated carbocycles. The summed E-state index contributed by atoms with van der Waals surface area (Å²) in [4.78, 5) is 12.3. The lowest BCUT2D eigenvalue weighted by molar-refractivity contribution is 0.0955. The Bertz CT molecular complexity index is 1060. The highest BCUT2D eigenvalue weighted by atomic mass is 16.5. The maximum atomic E-state index is 12.3. The number of hydrogen-bond donors (Lipinski definition) is 2. The van der Waals surface area contributed by atoms with E-state index in [-0.39, 0.29) is 11.7 Å². The molecular weight excluding hydrogens is 420 g/mol. The van der Waals surface area contributed by atoms with Crippen LogP contribution in [0.3, 0.4) is 0 Å². The van der Waals surface area contributed by atoms with E-state index >= 15 is 0 Å². The number of benzene rings is 3. The number of carbonyl (C=O) groups is 1. The smallest absolute Gasteiger partial charge is 0.271 e. The largest absolute Gasteiger partial charge is 0.507 e. The first-order valence-electron chi connectivity index (χ1n) is 10.8. The lowest BCUT2D eigenvalue weighted by atomic mass is 10.1. The normalized spacial score (nSPS) is 10.7. The fourth-order valence-corrected chi connectivity index (χ4v) is 2.89. The number of hydrazone groups is 1. The van der Waals surface area contributed by atoms with Gasteiger partial charge in [-0.15, -0.1) is 0 Å². The first-order valence-corrected chi connectivity index (χ1v) is 10.8. The van der Waals surface area contributed by atoms with E-state index in [2.05, 4.69) is 10.5 Å². The lowest BCUT2D eigenvalue weighted by Gasteiger charge is -2.08. The van der Waals surface area contributed by atoms with E-state index in [9.17, 15) is 9.90 Å². The van der Waals surface area contributed by atoms with E-state index in [1.165, 1.54) is 12.3 Å². The lowest BCUT2D eigenvalue weighted by Crippen LogP contribution is -2.17. The van der Waals surface area contributed by atoms with Crippen molar-refractivity contribution in [2.24, 2.45) is 5.10 Å². The number of hydrogen-bond acceptors (Lipinski definition) is 6. The summed E-state index contributed by atoms with van der Waals surface area (Å²) in [7, 11) is 0. The summed E-state index contributed by atoms with van der Waals surface area (Å²) in [5.41, 5.74) is 4.33. The molecule has 172 valence electrons. The molecule has 2 N–H and O–H groups in total. The van der Waals surface area contributed by atoms with Crippen LogP contribution in [0.5, 0.6) is 23.0 Å². The van der Waals surface area contributed by atoms with E-state index < -0.39 is 0 Å². The average Bonchev–Trinajstić information content (AvgIpc) is 2.84. The molecule has 3 rings (SSSR count). The minimum absolute atomic E-state index is 0.0264. The molecule has 0 atom stereocenters. The first kappa shape index (κ1) is 23.7. The molecule has 3 aromatic rings. The number of aromatic hydroxyl groups is 1. The average molecular weight is 449 g/mol. The molecule has 0 heterocycles. The highest BCUT2D eigenvalue weighted by Crippen LogP contribution is 2.22. The molecule has 0 radical (unpaired) electrons. The number of amides is 1. The van der Waals surface area contributed by atoms with Gasteiger partial charge >= 0.3 is 0 Å². The zero-order valence-electron chi connectivity index (χ0n) is 18.8. The number of rotatable bonds is 11. The number of phenols is 1. The van der Waals surface area contributed by atoms with Gasteiger partial charge in [-0.25, -0.2) is 5.43 Å². The molecule has 7 nitrogen and oxygen atoms in total. The van der Waals surface area contributed by atoms with Gasteiger partial charge in [0.2, 0.25) is 0 Å². The van der Waals surface area contributed by atoms with E-state index in [4.69, 9.17) is 14.2 Å². The maximum Gasteiger partial charge on any atom is 0.271 e. The summed E-state index contributed by atoms with van der Waals surface area (Å²) < 4.78 is 16.7. The SMILES string of the molecule is CCCOc1ccc(/C=N/NC(=O)c2ccc(COc3ccc(OCC)cc3)cc2)c(O)c1. The minimum Gasteiger partial charge on any atom is -0.507 e.